The fourth-order valence-electron chi connectivity index (χ4n) is 1.34. The van der Waals surface area contributed by atoms with E-state index in [1.165, 1.54) is 0 Å². The van der Waals surface area contributed by atoms with Gasteiger partial charge in [-0.3, -0.25) is 0 Å². The van der Waals surface area contributed by atoms with Gasteiger partial charge in [0.1, 0.15) is 0 Å². The summed E-state index contributed by atoms with van der Waals surface area (Å²) in [5.41, 5.74) is 0.688. The van der Waals surface area contributed by atoms with Crippen LogP contribution in [-0.4, -0.2) is 29.1 Å². The molecule has 4 nitrogen and oxygen atoms in total. The maximum atomic E-state index is 10.8. The number of carboxylic acids is 1. The predicted octanol–water partition coefficient (Wildman–Crippen LogP) is 1.39. The summed E-state index contributed by atoms with van der Waals surface area (Å²) in [5, 5.41) is 8.86. The average molecular weight is 195 g/mol. The standard InChI is InChI=1S/C10H13NO3/c1-4-5-6(2)9-8(10(12)13)11-7(3)14-9/h4,8-9H,1-2,5H2,3H3,(H,12,13). The Morgan fingerprint density at radius 1 is 1.79 bits per heavy atom. The van der Waals surface area contributed by atoms with Gasteiger partial charge >= 0.3 is 5.97 Å². The summed E-state index contributed by atoms with van der Waals surface area (Å²) >= 11 is 0. The molecule has 0 aromatic rings. The first-order chi connectivity index (χ1) is 6.56. The molecule has 0 bridgehead atoms. The number of allylic oxidation sites excluding steroid dienone is 1. The number of aliphatic imine (C=N–C) groups is 1. The summed E-state index contributed by atoms with van der Waals surface area (Å²) in [6.07, 6.45) is 1.65. The van der Waals surface area contributed by atoms with E-state index in [9.17, 15) is 4.79 Å². The highest BCUT2D eigenvalue weighted by molar-refractivity contribution is 5.84. The number of rotatable bonds is 4. The molecule has 0 amide bonds. The molecule has 0 radical (unpaired) electrons. The molecule has 0 fully saturated rings. The van der Waals surface area contributed by atoms with Crippen LogP contribution in [0, 0.1) is 0 Å². The van der Waals surface area contributed by atoms with Crippen LogP contribution >= 0.6 is 0 Å². The van der Waals surface area contributed by atoms with Crippen LogP contribution < -0.4 is 0 Å². The van der Waals surface area contributed by atoms with Crippen molar-refractivity contribution in [2.45, 2.75) is 25.5 Å². The second-order valence-electron chi connectivity index (χ2n) is 3.12. The van der Waals surface area contributed by atoms with Crippen molar-refractivity contribution in [3.8, 4) is 0 Å². The average Bonchev–Trinajstić information content (AvgIpc) is 2.48. The van der Waals surface area contributed by atoms with Gasteiger partial charge in [-0.1, -0.05) is 12.7 Å². The zero-order valence-corrected chi connectivity index (χ0v) is 8.06. The van der Waals surface area contributed by atoms with Crippen LogP contribution in [-0.2, 0) is 9.53 Å². The maximum Gasteiger partial charge on any atom is 0.332 e. The van der Waals surface area contributed by atoms with Crippen molar-refractivity contribution < 1.29 is 14.6 Å². The first kappa shape index (κ1) is 10.5. The minimum atomic E-state index is -0.989. The highest BCUT2D eigenvalue weighted by Gasteiger charge is 2.36. The molecular formula is C10H13NO3. The Balaban J connectivity index is 2.76. The third kappa shape index (κ3) is 2.02. The highest BCUT2D eigenvalue weighted by atomic mass is 16.5. The van der Waals surface area contributed by atoms with E-state index in [4.69, 9.17) is 9.84 Å². The summed E-state index contributed by atoms with van der Waals surface area (Å²) < 4.78 is 5.27. The van der Waals surface area contributed by atoms with E-state index in [-0.39, 0.29) is 0 Å². The monoisotopic (exact) mass is 195 g/mol. The zero-order chi connectivity index (χ0) is 10.7. The number of hydrogen-bond donors (Lipinski definition) is 1. The Morgan fingerprint density at radius 3 is 2.93 bits per heavy atom. The molecule has 0 saturated heterocycles. The molecule has 0 aromatic heterocycles. The van der Waals surface area contributed by atoms with E-state index >= 15 is 0 Å². The molecule has 0 aliphatic carbocycles. The number of ether oxygens (including phenoxy) is 1. The number of hydrogen-bond acceptors (Lipinski definition) is 3. The van der Waals surface area contributed by atoms with Crippen LogP contribution in [0.3, 0.4) is 0 Å². The Bertz CT molecular complexity index is 306. The normalized spacial score (nSPS) is 25.1. The van der Waals surface area contributed by atoms with Gasteiger partial charge in [0.05, 0.1) is 0 Å². The van der Waals surface area contributed by atoms with E-state index in [1.807, 2.05) is 0 Å². The van der Waals surface area contributed by atoms with Gasteiger partial charge in [0.15, 0.2) is 18.0 Å². The lowest BCUT2D eigenvalue weighted by Crippen LogP contribution is -2.31. The molecule has 76 valence electrons. The Kier molecular flexibility index (Phi) is 3.06. The van der Waals surface area contributed by atoms with Crippen molar-refractivity contribution in [1.82, 2.24) is 0 Å². The van der Waals surface area contributed by atoms with Crippen LogP contribution in [0.15, 0.2) is 29.8 Å². The predicted molar refractivity (Wildman–Crippen MR) is 53.4 cm³/mol. The summed E-state index contributed by atoms with van der Waals surface area (Å²) in [6, 6.07) is -0.859. The van der Waals surface area contributed by atoms with Crippen molar-refractivity contribution in [3.05, 3.63) is 24.8 Å². The second kappa shape index (κ2) is 4.09. The van der Waals surface area contributed by atoms with Gasteiger partial charge in [-0.25, -0.2) is 9.79 Å². The van der Waals surface area contributed by atoms with Gasteiger partial charge in [0.25, 0.3) is 0 Å². The maximum absolute atomic E-state index is 10.8. The van der Waals surface area contributed by atoms with Crippen LogP contribution in [0.25, 0.3) is 0 Å². The molecule has 14 heavy (non-hydrogen) atoms. The molecule has 4 heteroatoms. The van der Waals surface area contributed by atoms with Crippen LogP contribution in [0.2, 0.25) is 0 Å². The van der Waals surface area contributed by atoms with E-state index in [2.05, 4.69) is 18.2 Å². The third-order valence-electron chi connectivity index (χ3n) is 1.97. The molecule has 2 atom stereocenters. The van der Waals surface area contributed by atoms with Gasteiger partial charge in [0, 0.05) is 6.92 Å². The van der Waals surface area contributed by atoms with Gasteiger partial charge in [-0.15, -0.1) is 6.58 Å². The molecule has 1 rings (SSSR count). The smallest absolute Gasteiger partial charge is 0.332 e. The van der Waals surface area contributed by atoms with Crippen LogP contribution in [0.4, 0.5) is 0 Å². The van der Waals surface area contributed by atoms with Crippen molar-refractivity contribution in [2.24, 2.45) is 4.99 Å². The number of nitrogens with zero attached hydrogens (tertiary/aromatic N) is 1. The molecule has 1 aliphatic heterocycles. The third-order valence-corrected chi connectivity index (χ3v) is 1.97. The lowest BCUT2D eigenvalue weighted by Gasteiger charge is -2.15. The first-order valence-corrected chi connectivity index (χ1v) is 4.28. The fraction of sp³-hybridized carbons (Fsp3) is 0.400. The van der Waals surface area contributed by atoms with E-state index in [0.717, 1.165) is 0 Å². The lowest BCUT2D eigenvalue weighted by atomic mass is 10.0. The molecule has 1 heterocycles. The number of aliphatic carboxylic acids is 1. The van der Waals surface area contributed by atoms with Gasteiger partial charge in [-0.2, -0.15) is 0 Å². The minimum absolute atomic E-state index is 0.396. The van der Waals surface area contributed by atoms with Crippen LogP contribution in [0.5, 0.6) is 0 Å². The number of carbonyl (C=O) groups is 1. The molecule has 2 unspecified atom stereocenters. The topological polar surface area (TPSA) is 58.9 Å². The minimum Gasteiger partial charge on any atom is -0.480 e. The summed E-state index contributed by atoms with van der Waals surface area (Å²) in [6.45, 7) is 8.96. The lowest BCUT2D eigenvalue weighted by molar-refractivity contribution is -0.139. The summed E-state index contributed by atoms with van der Waals surface area (Å²) in [5.74, 6) is -0.593. The van der Waals surface area contributed by atoms with Gasteiger partial charge < -0.3 is 9.84 Å². The first-order valence-electron chi connectivity index (χ1n) is 4.28. The molecular weight excluding hydrogens is 182 g/mol. The van der Waals surface area contributed by atoms with Crippen LogP contribution in [0.1, 0.15) is 13.3 Å². The molecule has 0 saturated carbocycles. The molecule has 0 spiro atoms. The van der Waals surface area contributed by atoms with Crippen molar-refractivity contribution >= 4 is 11.9 Å². The molecule has 1 aliphatic rings. The Hall–Kier alpha value is -1.58. The van der Waals surface area contributed by atoms with Crippen molar-refractivity contribution in [1.29, 1.82) is 0 Å². The Morgan fingerprint density at radius 2 is 2.43 bits per heavy atom. The molecule has 1 N–H and O–H groups in total. The zero-order valence-electron chi connectivity index (χ0n) is 8.06. The molecule has 0 aromatic carbocycles. The van der Waals surface area contributed by atoms with E-state index in [0.29, 0.717) is 17.9 Å². The van der Waals surface area contributed by atoms with Gasteiger partial charge in [0.2, 0.25) is 0 Å². The van der Waals surface area contributed by atoms with E-state index < -0.39 is 18.1 Å². The van der Waals surface area contributed by atoms with Gasteiger partial charge in [-0.05, 0) is 12.0 Å². The summed E-state index contributed by atoms with van der Waals surface area (Å²) in [4.78, 5) is 14.7. The highest BCUT2D eigenvalue weighted by Crippen LogP contribution is 2.22. The summed E-state index contributed by atoms with van der Waals surface area (Å²) in [7, 11) is 0. The fourth-order valence-corrected chi connectivity index (χ4v) is 1.34. The number of carboxylic acid groups (broad SMARTS) is 1. The quantitative estimate of drug-likeness (QED) is 0.689. The largest absolute Gasteiger partial charge is 0.480 e. The SMILES string of the molecule is C=CCC(=C)C1OC(C)=NC1C(=O)O. The van der Waals surface area contributed by atoms with Crippen molar-refractivity contribution in [2.75, 3.05) is 0 Å². The van der Waals surface area contributed by atoms with Crippen molar-refractivity contribution in [3.63, 3.8) is 0 Å². The Labute approximate surface area is 82.6 Å². The van der Waals surface area contributed by atoms with E-state index in [1.54, 1.807) is 13.0 Å². The second-order valence-corrected chi connectivity index (χ2v) is 3.12.